The summed E-state index contributed by atoms with van der Waals surface area (Å²) in [6, 6.07) is 0.659. The van der Waals surface area contributed by atoms with Gasteiger partial charge >= 0.3 is 0 Å². The second-order valence-corrected chi connectivity index (χ2v) is 5.92. The van der Waals surface area contributed by atoms with Gasteiger partial charge in [-0.15, -0.1) is 0 Å². The van der Waals surface area contributed by atoms with Crippen LogP contribution in [0.5, 0.6) is 5.75 Å². The van der Waals surface area contributed by atoms with Crippen LogP contribution in [0.2, 0.25) is 0 Å². The van der Waals surface area contributed by atoms with Gasteiger partial charge in [-0.1, -0.05) is 19.8 Å². The predicted octanol–water partition coefficient (Wildman–Crippen LogP) is 2.59. The lowest BCUT2D eigenvalue weighted by Crippen LogP contribution is -2.63. The molecule has 2 atom stereocenters. The monoisotopic (exact) mass is 263 g/mol. The lowest BCUT2D eigenvalue weighted by Gasteiger charge is -2.53. The summed E-state index contributed by atoms with van der Waals surface area (Å²) in [6.07, 6.45) is 10.7. The molecular formula is C15H25N3O. The molecule has 0 aliphatic heterocycles. The minimum Gasteiger partial charge on any atom is -0.486 e. The fourth-order valence-electron chi connectivity index (χ4n) is 3.89. The van der Waals surface area contributed by atoms with Gasteiger partial charge in [0.25, 0.3) is 0 Å². The van der Waals surface area contributed by atoms with Gasteiger partial charge in [0, 0.05) is 24.4 Å². The molecule has 0 bridgehead atoms. The van der Waals surface area contributed by atoms with Crippen molar-refractivity contribution in [2.24, 2.45) is 5.41 Å². The minimum absolute atomic E-state index is 0.383. The standard InChI is InChI=1S/C15H25N3O/c1-3-16-13-9-14(15(13)7-5-6-8-15)19-12-10-17-18(4-2)11-12/h10-11,13-14,16H,3-9H2,1-2H3. The molecule has 0 radical (unpaired) electrons. The van der Waals surface area contributed by atoms with Gasteiger partial charge in [-0.25, -0.2) is 0 Å². The van der Waals surface area contributed by atoms with E-state index in [-0.39, 0.29) is 0 Å². The average Bonchev–Trinajstić information content (AvgIpc) is 3.08. The first-order valence-corrected chi connectivity index (χ1v) is 7.71. The topological polar surface area (TPSA) is 39.1 Å². The molecule has 3 rings (SSSR count). The zero-order chi connectivity index (χ0) is 13.3. The van der Waals surface area contributed by atoms with Crippen LogP contribution in [0.15, 0.2) is 12.4 Å². The molecule has 106 valence electrons. The average molecular weight is 263 g/mol. The van der Waals surface area contributed by atoms with Gasteiger partial charge in [-0.3, -0.25) is 4.68 Å². The van der Waals surface area contributed by atoms with Crippen molar-refractivity contribution in [3.05, 3.63) is 12.4 Å². The molecule has 2 aliphatic carbocycles. The maximum atomic E-state index is 6.22. The molecule has 2 aliphatic rings. The van der Waals surface area contributed by atoms with E-state index in [1.165, 1.54) is 25.7 Å². The Bertz CT molecular complexity index is 423. The number of aryl methyl sites for hydroxylation is 1. The van der Waals surface area contributed by atoms with E-state index < -0.39 is 0 Å². The van der Waals surface area contributed by atoms with E-state index in [4.69, 9.17) is 4.74 Å². The third-order valence-corrected chi connectivity index (χ3v) is 4.98. The number of nitrogens with one attached hydrogen (secondary N) is 1. The molecule has 0 saturated heterocycles. The van der Waals surface area contributed by atoms with Crippen molar-refractivity contribution in [2.75, 3.05) is 6.54 Å². The summed E-state index contributed by atoms with van der Waals surface area (Å²) in [5.74, 6) is 0.938. The molecule has 2 fully saturated rings. The Morgan fingerprint density at radius 2 is 2.21 bits per heavy atom. The molecule has 0 aromatic carbocycles. The maximum absolute atomic E-state index is 6.22. The second kappa shape index (κ2) is 5.16. The third kappa shape index (κ3) is 2.16. The fourth-order valence-corrected chi connectivity index (χ4v) is 3.89. The molecule has 1 aromatic heterocycles. The summed E-state index contributed by atoms with van der Waals surface area (Å²) >= 11 is 0. The van der Waals surface area contributed by atoms with Crippen LogP contribution in [0.3, 0.4) is 0 Å². The van der Waals surface area contributed by atoms with E-state index >= 15 is 0 Å². The minimum atomic E-state index is 0.383. The molecule has 1 spiro atoms. The third-order valence-electron chi connectivity index (χ3n) is 4.98. The van der Waals surface area contributed by atoms with E-state index in [9.17, 15) is 0 Å². The smallest absolute Gasteiger partial charge is 0.157 e. The molecule has 19 heavy (non-hydrogen) atoms. The zero-order valence-electron chi connectivity index (χ0n) is 12.1. The van der Waals surface area contributed by atoms with E-state index in [0.29, 0.717) is 17.6 Å². The number of hydrogen-bond acceptors (Lipinski definition) is 3. The normalized spacial score (nSPS) is 28.5. The fraction of sp³-hybridized carbons (Fsp3) is 0.800. The van der Waals surface area contributed by atoms with Crippen LogP contribution < -0.4 is 10.1 Å². The van der Waals surface area contributed by atoms with E-state index in [0.717, 1.165) is 25.3 Å². The molecule has 4 heteroatoms. The van der Waals surface area contributed by atoms with Crippen molar-refractivity contribution < 1.29 is 4.74 Å². The van der Waals surface area contributed by atoms with Gasteiger partial charge in [-0.05, 0) is 26.3 Å². The van der Waals surface area contributed by atoms with Gasteiger partial charge < -0.3 is 10.1 Å². The summed E-state index contributed by atoms with van der Waals surface area (Å²) in [5, 5.41) is 7.94. The van der Waals surface area contributed by atoms with Crippen LogP contribution in [0.4, 0.5) is 0 Å². The van der Waals surface area contributed by atoms with Crippen molar-refractivity contribution in [1.29, 1.82) is 0 Å². The Balaban J connectivity index is 1.68. The first kappa shape index (κ1) is 13.0. The highest BCUT2D eigenvalue weighted by molar-refractivity contribution is 5.17. The van der Waals surface area contributed by atoms with Crippen LogP contribution in [-0.2, 0) is 6.54 Å². The molecule has 1 heterocycles. The molecular weight excluding hydrogens is 238 g/mol. The molecule has 2 saturated carbocycles. The molecule has 1 N–H and O–H groups in total. The Kier molecular flexibility index (Phi) is 3.52. The Hall–Kier alpha value is -1.03. The van der Waals surface area contributed by atoms with Gasteiger partial charge in [0.15, 0.2) is 5.75 Å². The molecule has 1 aromatic rings. The summed E-state index contributed by atoms with van der Waals surface area (Å²) in [5.41, 5.74) is 0.393. The Labute approximate surface area is 115 Å². The predicted molar refractivity (Wildman–Crippen MR) is 75.3 cm³/mol. The quantitative estimate of drug-likeness (QED) is 0.887. The van der Waals surface area contributed by atoms with Gasteiger partial charge in [0.2, 0.25) is 0 Å². The highest BCUT2D eigenvalue weighted by Gasteiger charge is 2.57. The Morgan fingerprint density at radius 1 is 1.42 bits per heavy atom. The molecule has 4 nitrogen and oxygen atoms in total. The van der Waals surface area contributed by atoms with Gasteiger partial charge in [0.05, 0.1) is 12.4 Å². The number of aromatic nitrogens is 2. The van der Waals surface area contributed by atoms with E-state index in [1.807, 2.05) is 17.1 Å². The number of rotatable bonds is 5. The zero-order valence-corrected chi connectivity index (χ0v) is 12.1. The van der Waals surface area contributed by atoms with Crippen molar-refractivity contribution in [2.45, 2.75) is 64.6 Å². The second-order valence-electron chi connectivity index (χ2n) is 5.92. The maximum Gasteiger partial charge on any atom is 0.157 e. The van der Waals surface area contributed by atoms with E-state index in [2.05, 4.69) is 24.3 Å². The highest BCUT2D eigenvalue weighted by Crippen LogP contribution is 2.54. The SMILES string of the molecule is CCNC1CC(Oc2cnn(CC)c2)C12CCCC2. The summed E-state index contributed by atoms with van der Waals surface area (Å²) in [6.45, 7) is 6.26. The van der Waals surface area contributed by atoms with Crippen molar-refractivity contribution >= 4 is 0 Å². The molecule has 2 unspecified atom stereocenters. The van der Waals surface area contributed by atoms with Crippen molar-refractivity contribution in [3.8, 4) is 5.75 Å². The first-order chi connectivity index (χ1) is 9.28. The van der Waals surface area contributed by atoms with Gasteiger partial charge in [0.1, 0.15) is 6.10 Å². The lowest BCUT2D eigenvalue weighted by atomic mass is 9.60. The van der Waals surface area contributed by atoms with Crippen LogP contribution in [0.25, 0.3) is 0 Å². The summed E-state index contributed by atoms with van der Waals surface area (Å²) in [7, 11) is 0. The largest absolute Gasteiger partial charge is 0.486 e. The number of hydrogen-bond donors (Lipinski definition) is 1. The Morgan fingerprint density at radius 3 is 2.84 bits per heavy atom. The van der Waals surface area contributed by atoms with Crippen LogP contribution >= 0.6 is 0 Å². The number of nitrogens with zero attached hydrogens (tertiary/aromatic N) is 2. The lowest BCUT2D eigenvalue weighted by molar-refractivity contribution is -0.0755. The highest BCUT2D eigenvalue weighted by atomic mass is 16.5. The van der Waals surface area contributed by atoms with Crippen LogP contribution in [-0.4, -0.2) is 28.5 Å². The first-order valence-electron chi connectivity index (χ1n) is 7.71. The summed E-state index contributed by atoms with van der Waals surface area (Å²) in [4.78, 5) is 0. The van der Waals surface area contributed by atoms with Crippen molar-refractivity contribution in [1.82, 2.24) is 15.1 Å². The number of ether oxygens (including phenoxy) is 1. The van der Waals surface area contributed by atoms with Crippen LogP contribution in [0.1, 0.15) is 46.0 Å². The summed E-state index contributed by atoms with van der Waals surface area (Å²) < 4.78 is 8.15. The van der Waals surface area contributed by atoms with Gasteiger partial charge in [-0.2, -0.15) is 5.10 Å². The van der Waals surface area contributed by atoms with Crippen LogP contribution in [0, 0.1) is 5.41 Å². The van der Waals surface area contributed by atoms with E-state index in [1.54, 1.807) is 0 Å². The molecule has 0 amide bonds. The van der Waals surface area contributed by atoms with Crippen molar-refractivity contribution in [3.63, 3.8) is 0 Å².